The Morgan fingerprint density at radius 1 is 1.00 bits per heavy atom. The molecule has 1 aromatic heterocycles. The maximum Gasteiger partial charge on any atom is 0.143 e. The van der Waals surface area contributed by atoms with Gasteiger partial charge in [0.25, 0.3) is 0 Å². The predicted octanol–water partition coefficient (Wildman–Crippen LogP) is 6.80. The Morgan fingerprint density at radius 2 is 1.67 bits per heavy atom. The van der Waals surface area contributed by atoms with Crippen molar-refractivity contribution in [1.29, 1.82) is 10.5 Å². The van der Waals surface area contributed by atoms with Crippen molar-refractivity contribution in [2.24, 2.45) is 0 Å². The number of rotatable bonds is 5. The van der Waals surface area contributed by atoms with Crippen LogP contribution in [0.3, 0.4) is 0 Å². The highest BCUT2D eigenvalue weighted by Crippen LogP contribution is 2.37. The maximum atomic E-state index is 9.90. The molecule has 4 nitrogen and oxygen atoms in total. The van der Waals surface area contributed by atoms with Gasteiger partial charge < -0.3 is 5.73 Å². The van der Waals surface area contributed by atoms with E-state index in [1.165, 1.54) is 17.3 Å². The molecule has 0 aliphatic rings. The zero-order chi connectivity index (χ0) is 21.8. The number of nitriles is 2. The fourth-order valence-corrected chi connectivity index (χ4v) is 4.27. The number of anilines is 1. The van der Waals surface area contributed by atoms with Crippen LogP contribution in [0, 0.1) is 22.7 Å². The highest BCUT2D eigenvalue weighted by Gasteiger charge is 2.20. The summed E-state index contributed by atoms with van der Waals surface area (Å²) >= 11 is 13.4. The van der Waals surface area contributed by atoms with E-state index in [-0.39, 0.29) is 11.4 Å². The molecule has 3 aromatic rings. The highest BCUT2D eigenvalue weighted by molar-refractivity contribution is 7.98. The van der Waals surface area contributed by atoms with Crippen molar-refractivity contribution < 1.29 is 0 Å². The summed E-state index contributed by atoms with van der Waals surface area (Å²) in [6.45, 7) is 4.22. The fraction of sp³-hybridized carbons (Fsp3) is 0.174. The smallest absolute Gasteiger partial charge is 0.143 e. The number of thioether (sulfide) groups is 1. The van der Waals surface area contributed by atoms with Gasteiger partial charge >= 0.3 is 0 Å². The number of halogens is 2. The molecule has 7 heteroatoms. The summed E-state index contributed by atoms with van der Waals surface area (Å²) in [5.41, 5.74) is 10.0. The maximum absolute atomic E-state index is 9.90. The van der Waals surface area contributed by atoms with Crippen molar-refractivity contribution in [2.45, 2.75) is 30.5 Å². The third kappa shape index (κ3) is 4.55. The molecule has 0 atom stereocenters. The molecule has 0 aliphatic carbocycles. The lowest BCUT2D eigenvalue weighted by Gasteiger charge is -2.14. The average molecular weight is 453 g/mol. The summed E-state index contributed by atoms with van der Waals surface area (Å²) in [5.74, 6) is 1.01. The van der Waals surface area contributed by atoms with Crippen LogP contribution in [0.25, 0.3) is 11.1 Å². The zero-order valence-electron chi connectivity index (χ0n) is 16.4. The molecule has 0 radical (unpaired) electrons. The normalized spacial score (nSPS) is 10.6. The number of nitrogens with two attached hydrogens (primary N) is 1. The standard InChI is InChI=1S/C23H18Cl2N4S/c1-13(2)15-4-6-16(7-5-15)21-17(10-26)22(28)29-23(18(21)11-27)30-12-14-3-8-19(24)20(25)9-14/h3-9,13H,12H2,1-2H3,(H2,28,29). The zero-order valence-corrected chi connectivity index (χ0v) is 18.7. The third-order valence-electron chi connectivity index (χ3n) is 4.64. The highest BCUT2D eigenvalue weighted by atomic mass is 35.5. The Morgan fingerprint density at radius 3 is 2.23 bits per heavy atom. The molecule has 0 saturated carbocycles. The van der Waals surface area contributed by atoms with Crippen LogP contribution in [-0.4, -0.2) is 4.98 Å². The van der Waals surface area contributed by atoms with Gasteiger partial charge in [-0.3, -0.25) is 0 Å². The molecule has 0 saturated heterocycles. The minimum Gasteiger partial charge on any atom is -0.383 e. The number of hydrogen-bond donors (Lipinski definition) is 1. The third-order valence-corrected chi connectivity index (χ3v) is 6.43. The molecule has 0 amide bonds. The summed E-state index contributed by atoms with van der Waals surface area (Å²) in [6.07, 6.45) is 0. The van der Waals surface area contributed by atoms with Crippen LogP contribution in [0.2, 0.25) is 10.0 Å². The van der Waals surface area contributed by atoms with Crippen molar-refractivity contribution in [2.75, 3.05) is 5.73 Å². The van der Waals surface area contributed by atoms with Crippen molar-refractivity contribution in [3.63, 3.8) is 0 Å². The van der Waals surface area contributed by atoms with Gasteiger partial charge in [0.2, 0.25) is 0 Å². The molecule has 30 heavy (non-hydrogen) atoms. The number of nitrogen functional groups attached to an aromatic ring is 1. The monoisotopic (exact) mass is 452 g/mol. The van der Waals surface area contributed by atoms with E-state index in [4.69, 9.17) is 28.9 Å². The van der Waals surface area contributed by atoms with Gasteiger partial charge in [0.15, 0.2) is 0 Å². The molecule has 0 spiro atoms. The second-order valence-electron chi connectivity index (χ2n) is 6.96. The van der Waals surface area contributed by atoms with Gasteiger partial charge in [0.1, 0.15) is 28.5 Å². The minimum atomic E-state index is 0.107. The Hall–Kier alpha value is -2.70. The molecular weight excluding hydrogens is 435 g/mol. The Kier molecular flexibility index (Phi) is 6.90. The molecule has 3 rings (SSSR count). The first-order valence-corrected chi connectivity index (χ1v) is 10.9. The quantitative estimate of drug-likeness (QED) is 0.430. The van der Waals surface area contributed by atoms with Crippen molar-refractivity contribution in [3.05, 3.63) is 74.8 Å². The van der Waals surface area contributed by atoms with Gasteiger partial charge in [-0.15, -0.1) is 11.8 Å². The lowest BCUT2D eigenvalue weighted by Crippen LogP contribution is -2.03. The second-order valence-corrected chi connectivity index (χ2v) is 8.74. The van der Waals surface area contributed by atoms with E-state index in [2.05, 4.69) is 31.0 Å². The van der Waals surface area contributed by atoms with Gasteiger partial charge in [0.05, 0.1) is 15.6 Å². The number of hydrogen-bond acceptors (Lipinski definition) is 5. The summed E-state index contributed by atoms with van der Waals surface area (Å²) in [6, 6.07) is 17.5. The Labute approximate surface area is 190 Å². The molecule has 2 N–H and O–H groups in total. The first-order valence-electron chi connectivity index (χ1n) is 9.16. The first-order chi connectivity index (χ1) is 14.3. The van der Waals surface area contributed by atoms with Gasteiger partial charge in [-0.25, -0.2) is 4.98 Å². The van der Waals surface area contributed by atoms with E-state index in [1.54, 1.807) is 12.1 Å². The number of aromatic nitrogens is 1. The Bertz CT molecular complexity index is 1180. The van der Waals surface area contributed by atoms with Gasteiger partial charge in [-0.05, 0) is 34.7 Å². The van der Waals surface area contributed by atoms with Crippen LogP contribution in [0.5, 0.6) is 0 Å². The summed E-state index contributed by atoms with van der Waals surface area (Å²) in [4.78, 5) is 4.34. The lowest BCUT2D eigenvalue weighted by atomic mass is 9.94. The van der Waals surface area contributed by atoms with Crippen molar-refractivity contribution in [3.8, 4) is 23.3 Å². The van der Waals surface area contributed by atoms with Crippen LogP contribution in [0.15, 0.2) is 47.5 Å². The molecule has 0 fully saturated rings. The van der Waals surface area contributed by atoms with Crippen molar-refractivity contribution in [1.82, 2.24) is 4.98 Å². The van der Waals surface area contributed by atoms with E-state index >= 15 is 0 Å². The van der Waals surface area contributed by atoms with Crippen LogP contribution >= 0.6 is 35.0 Å². The number of nitrogens with zero attached hydrogens (tertiary/aromatic N) is 3. The largest absolute Gasteiger partial charge is 0.383 e. The molecule has 2 aromatic carbocycles. The van der Waals surface area contributed by atoms with Crippen LogP contribution in [-0.2, 0) is 5.75 Å². The minimum absolute atomic E-state index is 0.107. The molecule has 0 bridgehead atoms. The van der Waals surface area contributed by atoms with E-state index in [0.717, 1.165) is 11.1 Å². The van der Waals surface area contributed by atoms with Crippen LogP contribution in [0.4, 0.5) is 5.82 Å². The van der Waals surface area contributed by atoms with Crippen molar-refractivity contribution >= 4 is 40.8 Å². The number of pyridine rings is 1. The summed E-state index contributed by atoms with van der Waals surface area (Å²) in [7, 11) is 0. The lowest BCUT2D eigenvalue weighted by molar-refractivity contribution is 0.867. The molecule has 150 valence electrons. The second kappa shape index (κ2) is 9.41. The van der Waals surface area contributed by atoms with E-state index in [9.17, 15) is 10.5 Å². The molecular formula is C23H18Cl2N4S. The van der Waals surface area contributed by atoms with Crippen LogP contribution < -0.4 is 5.73 Å². The van der Waals surface area contributed by atoms with E-state index in [0.29, 0.717) is 37.9 Å². The first kappa shape index (κ1) is 22.0. The van der Waals surface area contributed by atoms with E-state index in [1.807, 2.05) is 30.3 Å². The average Bonchev–Trinajstić information content (AvgIpc) is 2.74. The summed E-state index contributed by atoms with van der Waals surface area (Å²) < 4.78 is 0. The molecule has 0 unspecified atom stereocenters. The SMILES string of the molecule is CC(C)c1ccc(-c2c(C#N)c(N)nc(SCc3ccc(Cl)c(Cl)c3)c2C#N)cc1. The number of benzene rings is 2. The van der Waals surface area contributed by atoms with Gasteiger partial charge in [0, 0.05) is 11.3 Å². The Balaban J connectivity index is 2.06. The van der Waals surface area contributed by atoms with Crippen LogP contribution in [0.1, 0.15) is 42.0 Å². The molecule has 0 aliphatic heterocycles. The molecule has 1 heterocycles. The summed E-state index contributed by atoms with van der Waals surface area (Å²) in [5, 5.41) is 21.0. The fourth-order valence-electron chi connectivity index (χ4n) is 3.01. The van der Waals surface area contributed by atoms with Gasteiger partial charge in [-0.1, -0.05) is 67.4 Å². The predicted molar refractivity (Wildman–Crippen MR) is 124 cm³/mol. The van der Waals surface area contributed by atoms with Gasteiger partial charge in [-0.2, -0.15) is 10.5 Å². The van der Waals surface area contributed by atoms with E-state index < -0.39 is 0 Å². The topological polar surface area (TPSA) is 86.5 Å².